The van der Waals surface area contributed by atoms with Crippen LogP contribution in [0.4, 0.5) is 0 Å². The summed E-state index contributed by atoms with van der Waals surface area (Å²) in [4.78, 5) is 11.2. The van der Waals surface area contributed by atoms with Crippen LogP contribution in [0.5, 0.6) is 0 Å². The van der Waals surface area contributed by atoms with Crippen LogP contribution in [-0.2, 0) is 17.9 Å². The molecule has 0 atom stereocenters. The second-order valence-electron chi connectivity index (χ2n) is 3.88. The summed E-state index contributed by atoms with van der Waals surface area (Å²) < 4.78 is 7.08. The number of nitrogens with zero attached hydrogens (tertiary/aromatic N) is 1. The number of rotatable bonds is 4. The first-order valence-corrected chi connectivity index (χ1v) is 5.52. The van der Waals surface area contributed by atoms with Gasteiger partial charge in [-0.1, -0.05) is 12.1 Å². The Morgan fingerprint density at radius 3 is 2.82 bits per heavy atom. The SMILES string of the molecule is CCn1cc(COC)c2cccc(C(=O)O)c21. The van der Waals surface area contributed by atoms with Crippen molar-refractivity contribution in [3.8, 4) is 0 Å². The zero-order valence-corrected chi connectivity index (χ0v) is 9.93. The van der Waals surface area contributed by atoms with Crippen molar-refractivity contribution in [1.82, 2.24) is 4.57 Å². The summed E-state index contributed by atoms with van der Waals surface area (Å²) in [5.74, 6) is -0.896. The normalized spacial score (nSPS) is 10.9. The number of methoxy groups -OCH3 is 1. The molecule has 1 heterocycles. The summed E-state index contributed by atoms with van der Waals surface area (Å²) >= 11 is 0. The van der Waals surface area contributed by atoms with E-state index in [4.69, 9.17) is 4.74 Å². The van der Waals surface area contributed by atoms with Crippen LogP contribution < -0.4 is 0 Å². The molecule has 0 bridgehead atoms. The Bertz CT molecular complexity index is 557. The van der Waals surface area contributed by atoms with Crippen LogP contribution in [-0.4, -0.2) is 22.8 Å². The average Bonchev–Trinajstić information content (AvgIpc) is 2.68. The van der Waals surface area contributed by atoms with Gasteiger partial charge >= 0.3 is 5.97 Å². The number of aromatic carboxylic acids is 1. The molecule has 1 N–H and O–H groups in total. The number of carboxylic acid groups (broad SMARTS) is 1. The Morgan fingerprint density at radius 2 is 2.24 bits per heavy atom. The standard InChI is InChI=1S/C13H15NO3/c1-3-14-7-9(8-17-2)10-5-4-6-11(12(10)14)13(15)16/h4-7H,3,8H2,1-2H3,(H,15,16). The van der Waals surface area contributed by atoms with Gasteiger partial charge < -0.3 is 14.4 Å². The highest BCUT2D eigenvalue weighted by Gasteiger charge is 2.15. The number of hydrogen-bond donors (Lipinski definition) is 1. The molecule has 90 valence electrons. The summed E-state index contributed by atoms with van der Waals surface area (Å²) in [7, 11) is 1.64. The van der Waals surface area contributed by atoms with E-state index in [1.807, 2.05) is 23.8 Å². The monoisotopic (exact) mass is 233 g/mol. The molecule has 4 heteroatoms. The summed E-state index contributed by atoms with van der Waals surface area (Å²) in [5.41, 5.74) is 2.13. The number of aromatic nitrogens is 1. The highest BCUT2D eigenvalue weighted by atomic mass is 16.5. The molecule has 0 unspecified atom stereocenters. The minimum Gasteiger partial charge on any atom is -0.478 e. The molecule has 1 aromatic carbocycles. The summed E-state index contributed by atoms with van der Waals surface area (Å²) in [6.45, 7) is 3.23. The molecule has 0 amide bonds. The highest BCUT2D eigenvalue weighted by Crippen LogP contribution is 2.25. The van der Waals surface area contributed by atoms with E-state index < -0.39 is 5.97 Å². The minimum absolute atomic E-state index is 0.340. The van der Waals surface area contributed by atoms with Gasteiger partial charge in [-0.05, 0) is 13.0 Å². The Balaban J connectivity index is 2.75. The molecule has 0 aliphatic carbocycles. The summed E-state index contributed by atoms with van der Waals surface area (Å²) in [5, 5.41) is 10.1. The van der Waals surface area contributed by atoms with Gasteiger partial charge in [-0.15, -0.1) is 0 Å². The van der Waals surface area contributed by atoms with Crippen molar-refractivity contribution in [2.75, 3.05) is 7.11 Å². The van der Waals surface area contributed by atoms with Gasteiger partial charge in [0.1, 0.15) is 0 Å². The van der Waals surface area contributed by atoms with Crippen LogP contribution in [0.3, 0.4) is 0 Å². The number of benzene rings is 1. The van der Waals surface area contributed by atoms with Gasteiger partial charge in [-0.3, -0.25) is 0 Å². The molecule has 0 spiro atoms. The van der Waals surface area contributed by atoms with Gasteiger partial charge in [0.25, 0.3) is 0 Å². The van der Waals surface area contributed by atoms with E-state index in [9.17, 15) is 9.90 Å². The number of carboxylic acids is 1. The Morgan fingerprint density at radius 1 is 1.47 bits per heavy atom. The van der Waals surface area contributed by atoms with Crippen molar-refractivity contribution < 1.29 is 14.6 Å². The van der Waals surface area contributed by atoms with Gasteiger partial charge in [-0.25, -0.2) is 4.79 Å². The lowest BCUT2D eigenvalue weighted by atomic mass is 10.1. The predicted molar refractivity (Wildman–Crippen MR) is 65.3 cm³/mol. The number of fused-ring (bicyclic) bond motifs is 1. The lowest BCUT2D eigenvalue weighted by Gasteiger charge is -2.03. The molecule has 2 rings (SSSR count). The van der Waals surface area contributed by atoms with Crippen molar-refractivity contribution in [2.45, 2.75) is 20.1 Å². The lowest BCUT2D eigenvalue weighted by Crippen LogP contribution is -2.01. The minimum atomic E-state index is -0.896. The maximum absolute atomic E-state index is 11.2. The molecule has 0 saturated heterocycles. The second-order valence-corrected chi connectivity index (χ2v) is 3.88. The second kappa shape index (κ2) is 4.59. The van der Waals surface area contributed by atoms with Crippen LogP contribution >= 0.6 is 0 Å². The van der Waals surface area contributed by atoms with Crippen LogP contribution in [0.2, 0.25) is 0 Å². The molecule has 17 heavy (non-hydrogen) atoms. The Kier molecular flexibility index (Phi) is 3.15. The fraction of sp³-hybridized carbons (Fsp3) is 0.308. The van der Waals surface area contributed by atoms with Gasteiger partial charge in [0.15, 0.2) is 0 Å². The third-order valence-electron chi connectivity index (χ3n) is 2.85. The largest absolute Gasteiger partial charge is 0.478 e. The molecule has 2 aromatic rings. The van der Waals surface area contributed by atoms with Crippen LogP contribution in [0.15, 0.2) is 24.4 Å². The van der Waals surface area contributed by atoms with E-state index in [-0.39, 0.29) is 0 Å². The third kappa shape index (κ3) is 1.91. The van der Waals surface area contributed by atoms with Gasteiger partial charge in [0, 0.05) is 30.8 Å². The molecule has 4 nitrogen and oxygen atoms in total. The smallest absolute Gasteiger partial charge is 0.337 e. The zero-order valence-electron chi connectivity index (χ0n) is 9.93. The van der Waals surface area contributed by atoms with Crippen molar-refractivity contribution in [2.24, 2.45) is 0 Å². The fourth-order valence-electron chi connectivity index (χ4n) is 2.13. The Hall–Kier alpha value is -1.81. The quantitative estimate of drug-likeness (QED) is 0.882. The maximum atomic E-state index is 11.2. The predicted octanol–water partition coefficient (Wildman–Crippen LogP) is 2.51. The molecule has 0 fully saturated rings. The molecule has 0 saturated carbocycles. The molecule has 0 aliphatic heterocycles. The average molecular weight is 233 g/mol. The lowest BCUT2D eigenvalue weighted by molar-refractivity contribution is 0.0698. The first-order valence-electron chi connectivity index (χ1n) is 5.52. The van der Waals surface area contributed by atoms with Crippen molar-refractivity contribution in [3.63, 3.8) is 0 Å². The van der Waals surface area contributed by atoms with E-state index in [2.05, 4.69) is 0 Å². The number of hydrogen-bond acceptors (Lipinski definition) is 2. The number of aryl methyl sites for hydroxylation is 1. The molecule has 0 radical (unpaired) electrons. The van der Waals surface area contributed by atoms with Gasteiger partial charge in [-0.2, -0.15) is 0 Å². The van der Waals surface area contributed by atoms with E-state index in [1.54, 1.807) is 19.2 Å². The topological polar surface area (TPSA) is 51.5 Å². The number of ether oxygens (including phenoxy) is 1. The van der Waals surface area contributed by atoms with Crippen molar-refractivity contribution in [3.05, 3.63) is 35.5 Å². The van der Waals surface area contributed by atoms with Crippen LogP contribution in [0.25, 0.3) is 10.9 Å². The van der Waals surface area contributed by atoms with E-state index >= 15 is 0 Å². The maximum Gasteiger partial charge on any atom is 0.337 e. The molecular weight excluding hydrogens is 218 g/mol. The van der Waals surface area contributed by atoms with Crippen molar-refractivity contribution in [1.29, 1.82) is 0 Å². The van der Waals surface area contributed by atoms with E-state index in [0.29, 0.717) is 12.2 Å². The first-order chi connectivity index (χ1) is 8.19. The van der Waals surface area contributed by atoms with Gasteiger partial charge in [0.2, 0.25) is 0 Å². The number of carbonyl (C=O) groups is 1. The van der Waals surface area contributed by atoms with Crippen LogP contribution in [0.1, 0.15) is 22.8 Å². The zero-order chi connectivity index (χ0) is 12.4. The molecular formula is C13H15NO3. The Labute approximate surface area is 99.4 Å². The van der Waals surface area contributed by atoms with Crippen LogP contribution in [0, 0.1) is 0 Å². The number of para-hydroxylation sites is 1. The third-order valence-corrected chi connectivity index (χ3v) is 2.85. The van der Waals surface area contributed by atoms with E-state index in [1.165, 1.54) is 0 Å². The van der Waals surface area contributed by atoms with Crippen molar-refractivity contribution >= 4 is 16.9 Å². The summed E-state index contributed by atoms with van der Waals surface area (Å²) in [6.07, 6.45) is 1.96. The van der Waals surface area contributed by atoms with Gasteiger partial charge in [0.05, 0.1) is 17.7 Å². The molecule has 0 aliphatic rings. The highest BCUT2D eigenvalue weighted by molar-refractivity contribution is 6.03. The first kappa shape index (κ1) is 11.7. The van der Waals surface area contributed by atoms with E-state index in [0.717, 1.165) is 23.0 Å². The fourth-order valence-corrected chi connectivity index (χ4v) is 2.13. The summed E-state index contributed by atoms with van der Waals surface area (Å²) in [6, 6.07) is 5.33. The molecule has 1 aromatic heterocycles.